The molecule has 0 aliphatic heterocycles. The van der Waals surface area contributed by atoms with Gasteiger partial charge >= 0.3 is 0 Å². The van der Waals surface area contributed by atoms with E-state index in [-0.39, 0.29) is 0 Å². The van der Waals surface area contributed by atoms with Gasteiger partial charge in [-0.25, -0.2) is 4.98 Å². The maximum atomic E-state index is 5.46. The lowest BCUT2D eigenvalue weighted by Gasteiger charge is -2.19. The molecule has 0 aliphatic rings. The van der Waals surface area contributed by atoms with Crippen molar-refractivity contribution in [1.82, 2.24) is 9.55 Å². The molecule has 2 nitrogen and oxygen atoms in total. The van der Waals surface area contributed by atoms with Crippen molar-refractivity contribution in [2.45, 2.75) is 0 Å². The van der Waals surface area contributed by atoms with Crippen molar-refractivity contribution < 1.29 is 0 Å². The fourth-order valence-corrected chi connectivity index (χ4v) is 9.49. The second kappa shape index (κ2) is 12.5. The summed E-state index contributed by atoms with van der Waals surface area (Å²) in [4.78, 5) is 5.46. The Morgan fingerprint density at radius 1 is 0.316 bits per heavy atom. The summed E-state index contributed by atoms with van der Waals surface area (Å²) in [5, 5.41) is 13.5. The third-order valence-electron chi connectivity index (χ3n) is 11.9. The average Bonchev–Trinajstić information content (AvgIpc) is 3.62. The van der Waals surface area contributed by atoms with Gasteiger partial charge in [-0.05, 0) is 97.0 Å². The van der Waals surface area contributed by atoms with Crippen molar-refractivity contribution in [3.05, 3.63) is 206 Å². The molecular weight excluding hydrogens is 689 g/mol. The molecule has 57 heavy (non-hydrogen) atoms. The van der Waals surface area contributed by atoms with Gasteiger partial charge in [0.15, 0.2) is 0 Å². The van der Waals surface area contributed by atoms with Crippen LogP contribution in [0, 0.1) is 0 Å². The van der Waals surface area contributed by atoms with Gasteiger partial charge in [-0.2, -0.15) is 0 Å². The molecule has 0 fully saturated rings. The van der Waals surface area contributed by atoms with E-state index >= 15 is 0 Å². The fraction of sp³-hybridized carbons (Fsp3) is 0. The predicted molar refractivity (Wildman–Crippen MR) is 242 cm³/mol. The fourth-order valence-electron chi connectivity index (χ4n) is 9.49. The number of pyridine rings is 1. The molecule has 2 heterocycles. The smallest absolute Gasteiger partial charge is 0.0788 e. The molecule has 0 bridgehead atoms. The van der Waals surface area contributed by atoms with Crippen molar-refractivity contribution >= 4 is 75.8 Å². The highest BCUT2D eigenvalue weighted by molar-refractivity contribution is 6.30. The van der Waals surface area contributed by atoms with Crippen LogP contribution in [0.3, 0.4) is 0 Å². The number of benzene rings is 10. The predicted octanol–water partition coefficient (Wildman–Crippen LogP) is 14.9. The van der Waals surface area contributed by atoms with Crippen LogP contribution in [0.25, 0.3) is 115 Å². The van der Waals surface area contributed by atoms with Crippen LogP contribution in [0.4, 0.5) is 0 Å². The maximum absolute atomic E-state index is 5.46. The molecule has 0 radical (unpaired) electrons. The van der Waals surface area contributed by atoms with Gasteiger partial charge in [0, 0.05) is 38.2 Å². The number of hydrogen-bond acceptors (Lipinski definition) is 1. The van der Waals surface area contributed by atoms with Crippen LogP contribution in [-0.2, 0) is 0 Å². The summed E-state index contributed by atoms with van der Waals surface area (Å²) in [6, 6.07) is 75.1. The highest BCUT2D eigenvalue weighted by Crippen LogP contribution is 2.46. The molecule has 0 N–H and O–H groups in total. The van der Waals surface area contributed by atoms with Crippen molar-refractivity contribution in [1.29, 1.82) is 0 Å². The Bertz CT molecular complexity index is 3520. The first-order valence-electron chi connectivity index (χ1n) is 19.6. The van der Waals surface area contributed by atoms with Gasteiger partial charge in [-0.15, -0.1) is 0 Å². The summed E-state index contributed by atoms with van der Waals surface area (Å²) in [6.45, 7) is 0. The highest BCUT2D eigenvalue weighted by atomic mass is 15.0. The summed E-state index contributed by atoms with van der Waals surface area (Å²) in [5.74, 6) is 0. The average molecular weight is 723 g/mol. The zero-order chi connectivity index (χ0) is 37.5. The molecule has 0 unspecified atom stereocenters. The molecule has 264 valence electrons. The van der Waals surface area contributed by atoms with Crippen LogP contribution in [-0.4, -0.2) is 9.55 Å². The van der Waals surface area contributed by atoms with Crippen molar-refractivity contribution in [2.24, 2.45) is 0 Å². The standard InChI is InChI=1S/C55H34N2/c1-2-19-40(20-3-1)57-49-28-13-11-26-46(49)54-50(57)32-31-47-53(54)45-25-10-12-27-48(45)56-55(47)39-18-14-17-37(34-39)51-41-21-6-8-23-43(41)52(44-24-9-7-22-42(44)51)38-30-29-35-15-4-5-16-36(35)33-38/h1-34H. The molecule has 12 aromatic rings. The molecule has 0 saturated carbocycles. The summed E-state index contributed by atoms with van der Waals surface area (Å²) >= 11 is 0. The van der Waals surface area contributed by atoms with Gasteiger partial charge in [0.2, 0.25) is 0 Å². The Balaban J connectivity index is 1.13. The topological polar surface area (TPSA) is 17.8 Å². The minimum absolute atomic E-state index is 0.991. The highest BCUT2D eigenvalue weighted by Gasteiger charge is 2.21. The van der Waals surface area contributed by atoms with E-state index in [1.165, 1.54) is 81.8 Å². The number of nitrogens with zero attached hydrogens (tertiary/aromatic N) is 2. The number of fused-ring (bicyclic) bond motifs is 10. The third kappa shape index (κ3) is 4.81. The van der Waals surface area contributed by atoms with E-state index in [0.29, 0.717) is 0 Å². The van der Waals surface area contributed by atoms with Crippen molar-refractivity contribution in [2.75, 3.05) is 0 Å². The van der Waals surface area contributed by atoms with Gasteiger partial charge in [0.1, 0.15) is 0 Å². The van der Waals surface area contributed by atoms with E-state index in [0.717, 1.165) is 33.2 Å². The Kier molecular flexibility index (Phi) is 6.96. The van der Waals surface area contributed by atoms with E-state index < -0.39 is 0 Å². The van der Waals surface area contributed by atoms with E-state index in [2.05, 4.69) is 211 Å². The summed E-state index contributed by atoms with van der Waals surface area (Å²) in [7, 11) is 0. The molecule has 0 saturated heterocycles. The molecule has 12 rings (SSSR count). The molecule has 2 aromatic heterocycles. The molecule has 0 atom stereocenters. The normalized spacial score (nSPS) is 11.9. The number of aromatic nitrogens is 2. The number of hydrogen-bond donors (Lipinski definition) is 0. The zero-order valence-electron chi connectivity index (χ0n) is 31.0. The second-order valence-electron chi connectivity index (χ2n) is 15.0. The lowest BCUT2D eigenvalue weighted by molar-refractivity contribution is 1.18. The van der Waals surface area contributed by atoms with E-state index in [9.17, 15) is 0 Å². The van der Waals surface area contributed by atoms with Crippen molar-refractivity contribution in [3.63, 3.8) is 0 Å². The molecule has 2 heteroatoms. The van der Waals surface area contributed by atoms with E-state index in [1.807, 2.05) is 0 Å². The SMILES string of the molecule is c1ccc(-n2c3ccccc3c3c4c(ccc32)c(-c2cccc(-c3c5ccccc5c(-c5ccc6ccccc6c5)c5ccccc35)c2)nc2ccccc24)cc1. The van der Waals surface area contributed by atoms with Gasteiger partial charge in [0.25, 0.3) is 0 Å². The molecule has 0 spiro atoms. The largest absolute Gasteiger partial charge is 0.309 e. The van der Waals surface area contributed by atoms with Gasteiger partial charge in [-0.3, -0.25) is 0 Å². The Morgan fingerprint density at radius 2 is 0.895 bits per heavy atom. The van der Waals surface area contributed by atoms with Crippen LogP contribution in [0.1, 0.15) is 0 Å². The first kappa shape index (κ1) is 31.8. The first-order chi connectivity index (χ1) is 28.3. The third-order valence-corrected chi connectivity index (χ3v) is 11.9. The van der Waals surface area contributed by atoms with Gasteiger partial charge < -0.3 is 4.57 Å². The molecule has 0 amide bonds. The summed E-state index contributed by atoms with van der Waals surface area (Å²) in [5.41, 5.74) is 11.5. The Morgan fingerprint density at radius 3 is 1.63 bits per heavy atom. The molecule has 10 aromatic carbocycles. The van der Waals surface area contributed by atoms with Crippen LogP contribution >= 0.6 is 0 Å². The maximum Gasteiger partial charge on any atom is 0.0788 e. The second-order valence-corrected chi connectivity index (χ2v) is 15.0. The van der Waals surface area contributed by atoms with E-state index in [4.69, 9.17) is 4.98 Å². The first-order valence-corrected chi connectivity index (χ1v) is 19.6. The van der Waals surface area contributed by atoms with Crippen molar-refractivity contribution in [3.8, 4) is 39.2 Å². The Hall–Kier alpha value is -7.55. The zero-order valence-corrected chi connectivity index (χ0v) is 31.0. The Labute approximate surface area is 329 Å². The van der Waals surface area contributed by atoms with Crippen LogP contribution in [0.2, 0.25) is 0 Å². The minimum Gasteiger partial charge on any atom is -0.309 e. The summed E-state index contributed by atoms with van der Waals surface area (Å²) < 4.78 is 2.40. The molecular formula is C55H34N2. The quantitative estimate of drug-likeness (QED) is 0.131. The van der Waals surface area contributed by atoms with Crippen LogP contribution in [0.5, 0.6) is 0 Å². The van der Waals surface area contributed by atoms with Crippen LogP contribution < -0.4 is 0 Å². The minimum atomic E-state index is 0.991. The van der Waals surface area contributed by atoms with Gasteiger partial charge in [0.05, 0.1) is 22.2 Å². The lowest BCUT2D eigenvalue weighted by Crippen LogP contribution is -1.94. The van der Waals surface area contributed by atoms with Crippen LogP contribution in [0.15, 0.2) is 206 Å². The summed E-state index contributed by atoms with van der Waals surface area (Å²) in [6.07, 6.45) is 0. The van der Waals surface area contributed by atoms with E-state index in [1.54, 1.807) is 0 Å². The number of rotatable bonds is 4. The lowest BCUT2D eigenvalue weighted by atomic mass is 9.85. The number of para-hydroxylation sites is 3. The van der Waals surface area contributed by atoms with Gasteiger partial charge in [-0.1, -0.05) is 164 Å². The molecule has 0 aliphatic carbocycles. The monoisotopic (exact) mass is 722 g/mol.